The van der Waals surface area contributed by atoms with Crippen LogP contribution >= 0.6 is 11.8 Å². The molecule has 2 N–H and O–H groups in total. The number of rotatable bonds is 7. The van der Waals surface area contributed by atoms with Crippen LogP contribution in [0.3, 0.4) is 0 Å². The van der Waals surface area contributed by atoms with Gasteiger partial charge in [0.2, 0.25) is 5.91 Å². The third-order valence-corrected chi connectivity index (χ3v) is 4.06. The standard InChI is InChI=1S/C15H18N2O3S/c1-11-8-12-4-2-3-5-13(12)17(11)9-14(18)16-6-7-21-10-15(19)20/h2-5,8H,6-7,9-10H2,1H3,(H,16,18)(H,19,20). The fraction of sp³-hybridized carbons (Fsp3) is 0.333. The minimum atomic E-state index is -0.833. The molecule has 0 fully saturated rings. The number of carboxylic acids is 1. The molecule has 0 saturated heterocycles. The van der Waals surface area contributed by atoms with Crippen molar-refractivity contribution in [3.8, 4) is 0 Å². The lowest BCUT2D eigenvalue weighted by molar-refractivity contribution is -0.133. The molecule has 0 spiro atoms. The van der Waals surface area contributed by atoms with Crippen molar-refractivity contribution in [2.24, 2.45) is 0 Å². The normalized spacial score (nSPS) is 10.7. The van der Waals surface area contributed by atoms with Gasteiger partial charge in [-0.15, -0.1) is 11.8 Å². The number of hydrogen-bond acceptors (Lipinski definition) is 3. The van der Waals surface area contributed by atoms with E-state index >= 15 is 0 Å². The first-order chi connectivity index (χ1) is 10.1. The number of nitrogens with zero attached hydrogens (tertiary/aromatic N) is 1. The monoisotopic (exact) mass is 306 g/mol. The number of carboxylic acid groups (broad SMARTS) is 1. The fourth-order valence-electron chi connectivity index (χ4n) is 2.18. The van der Waals surface area contributed by atoms with Gasteiger partial charge in [0.25, 0.3) is 0 Å². The predicted octanol–water partition coefficient (Wildman–Crippen LogP) is 1.88. The van der Waals surface area contributed by atoms with Gasteiger partial charge in [-0.25, -0.2) is 0 Å². The molecule has 0 aliphatic heterocycles. The number of carbonyl (C=O) groups is 2. The highest BCUT2D eigenvalue weighted by molar-refractivity contribution is 7.99. The Morgan fingerprint density at radius 2 is 2.10 bits per heavy atom. The summed E-state index contributed by atoms with van der Waals surface area (Å²) in [6, 6.07) is 10.0. The Balaban J connectivity index is 1.87. The molecule has 5 nitrogen and oxygen atoms in total. The maximum absolute atomic E-state index is 11.9. The van der Waals surface area contributed by atoms with Crippen molar-refractivity contribution in [2.45, 2.75) is 13.5 Å². The Kier molecular flexibility index (Phi) is 5.27. The Morgan fingerprint density at radius 3 is 2.86 bits per heavy atom. The molecular weight excluding hydrogens is 288 g/mol. The van der Waals surface area contributed by atoms with E-state index in [-0.39, 0.29) is 18.2 Å². The van der Waals surface area contributed by atoms with Crippen molar-refractivity contribution >= 4 is 34.5 Å². The molecule has 1 heterocycles. The van der Waals surface area contributed by atoms with Gasteiger partial charge in [-0.2, -0.15) is 0 Å². The van der Waals surface area contributed by atoms with Crippen LogP contribution in [0.4, 0.5) is 0 Å². The summed E-state index contributed by atoms with van der Waals surface area (Å²) in [6.07, 6.45) is 0. The summed E-state index contributed by atoms with van der Waals surface area (Å²) in [5.41, 5.74) is 2.09. The lowest BCUT2D eigenvalue weighted by Crippen LogP contribution is -2.29. The minimum absolute atomic E-state index is 0.0598. The Morgan fingerprint density at radius 1 is 1.33 bits per heavy atom. The average Bonchev–Trinajstić information content (AvgIpc) is 2.74. The van der Waals surface area contributed by atoms with Gasteiger partial charge in [0.05, 0.1) is 5.75 Å². The quantitative estimate of drug-likeness (QED) is 0.766. The highest BCUT2D eigenvalue weighted by Crippen LogP contribution is 2.18. The molecule has 1 aromatic heterocycles. The van der Waals surface area contributed by atoms with Crippen LogP contribution in [0.1, 0.15) is 5.69 Å². The van der Waals surface area contributed by atoms with E-state index < -0.39 is 5.97 Å². The smallest absolute Gasteiger partial charge is 0.313 e. The van der Waals surface area contributed by atoms with E-state index in [1.54, 1.807) is 0 Å². The van der Waals surface area contributed by atoms with E-state index in [9.17, 15) is 9.59 Å². The maximum atomic E-state index is 11.9. The number of aromatic nitrogens is 1. The number of para-hydroxylation sites is 1. The van der Waals surface area contributed by atoms with Crippen molar-refractivity contribution in [2.75, 3.05) is 18.1 Å². The fourth-order valence-corrected chi connectivity index (χ4v) is 2.75. The SMILES string of the molecule is Cc1cc2ccccc2n1CC(=O)NCCSCC(=O)O. The molecule has 2 rings (SSSR count). The minimum Gasteiger partial charge on any atom is -0.481 e. The van der Waals surface area contributed by atoms with Crippen LogP contribution in [0.15, 0.2) is 30.3 Å². The van der Waals surface area contributed by atoms with Gasteiger partial charge in [-0.3, -0.25) is 9.59 Å². The predicted molar refractivity (Wildman–Crippen MR) is 84.6 cm³/mol. The molecule has 1 amide bonds. The second-order valence-corrected chi connectivity index (χ2v) is 5.83. The van der Waals surface area contributed by atoms with Crippen LogP contribution in [0.25, 0.3) is 10.9 Å². The number of amides is 1. The van der Waals surface area contributed by atoms with Crippen molar-refractivity contribution in [1.82, 2.24) is 9.88 Å². The first-order valence-electron chi connectivity index (χ1n) is 6.69. The number of aryl methyl sites for hydroxylation is 1. The number of fused-ring (bicyclic) bond motifs is 1. The van der Waals surface area contributed by atoms with Crippen LogP contribution in [0.2, 0.25) is 0 Å². The van der Waals surface area contributed by atoms with Crippen LogP contribution in [-0.2, 0) is 16.1 Å². The summed E-state index contributed by atoms with van der Waals surface area (Å²) in [5.74, 6) is -0.225. The van der Waals surface area contributed by atoms with Gasteiger partial charge >= 0.3 is 5.97 Å². The Hall–Kier alpha value is -1.95. The molecule has 6 heteroatoms. The first-order valence-corrected chi connectivity index (χ1v) is 7.84. The highest BCUT2D eigenvalue weighted by atomic mass is 32.2. The highest BCUT2D eigenvalue weighted by Gasteiger charge is 2.09. The molecule has 0 aliphatic rings. The van der Waals surface area contributed by atoms with E-state index in [0.29, 0.717) is 12.3 Å². The molecule has 21 heavy (non-hydrogen) atoms. The molecule has 0 aliphatic carbocycles. The molecular formula is C15H18N2O3S. The van der Waals surface area contributed by atoms with Gasteiger partial charge in [0, 0.05) is 23.5 Å². The summed E-state index contributed by atoms with van der Waals surface area (Å²) in [5, 5.41) is 12.5. The summed E-state index contributed by atoms with van der Waals surface area (Å²) < 4.78 is 1.98. The Bertz CT molecular complexity index is 651. The zero-order valence-corrected chi connectivity index (χ0v) is 12.7. The van der Waals surface area contributed by atoms with E-state index in [1.165, 1.54) is 11.8 Å². The molecule has 0 radical (unpaired) electrons. The third-order valence-electron chi connectivity index (χ3n) is 3.11. The van der Waals surface area contributed by atoms with Gasteiger partial charge in [-0.1, -0.05) is 18.2 Å². The lowest BCUT2D eigenvalue weighted by Gasteiger charge is -2.09. The number of benzene rings is 1. The summed E-state index contributed by atoms with van der Waals surface area (Å²) >= 11 is 1.30. The van der Waals surface area contributed by atoms with Gasteiger partial charge in [0.1, 0.15) is 6.54 Å². The molecule has 0 saturated carbocycles. The topological polar surface area (TPSA) is 71.3 Å². The Labute approximate surface area is 127 Å². The van der Waals surface area contributed by atoms with E-state index in [1.807, 2.05) is 35.8 Å². The second kappa shape index (κ2) is 7.17. The van der Waals surface area contributed by atoms with Crippen molar-refractivity contribution in [3.63, 3.8) is 0 Å². The number of carbonyl (C=O) groups excluding carboxylic acids is 1. The van der Waals surface area contributed by atoms with E-state index in [2.05, 4.69) is 11.4 Å². The van der Waals surface area contributed by atoms with Gasteiger partial charge in [0.15, 0.2) is 0 Å². The van der Waals surface area contributed by atoms with Gasteiger partial charge in [-0.05, 0) is 24.4 Å². The van der Waals surface area contributed by atoms with Crippen LogP contribution < -0.4 is 5.32 Å². The molecule has 1 aromatic carbocycles. The number of nitrogens with one attached hydrogen (secondary N) is 1. The zero-order valence-electron chi connectivity index (χ0n) is 11.8. The van der Waals surface area contributed by atoms with E-state index in [4.69, 9.17) is 5.11 Å². The van der Waals surface area contributed by atoms with Crippen LogP contribution in [-0.4, -0.2) is 39.6 Å². The number of hydrogen-bond donors (Lipinski definition) is 2. The largest absolute Gasteiger partial charge is 0.481 e. The van der Waals surface area contributed by atoms with Crippen molar-refractivity contribution in [1.29, 1.82) is 0 Å². The molecule has 2 aromatic rings. The van der Waals surface area contributed by atoms with Crippen LogP contribution in [0, 0.1) is 6.92 Å². The first kappa shape index (κ1) is 15.4. The maximum Gasteiger partial charge on any atom is 0.313 e. The summed E-state index contributed by atoms with van der Waals surface area (Å²) in [4.78, 5) is 22.3. The average molecular weight is 306 g/mol. The van der Waals surface area contributed by atoms with Crippen LogP contribution in [0.5, 0.6) is 0 Å². The lowest BCUT2D eigenvalue weighted by atomic mass is 10.2. The van der Waals surface area contributed by atoms with Crippen molar-refractivity contribution in [3.05, 3.63) is 36.0 Å². The second-order valence-electron chi connectivity index (χ2n) is 4.73. The summed E-state index contributed by atoms with van der Waals surface area (Å²) in [6.45, 7) is 2.74. The van der Waals surface area contributed by atoms with E-state index in [0.717, 1.165) is 16.6 Å². The summed E-state index contributed by atoms with van der Waals surface area (Å²) in [7, 11) is 0. The van der Waals surface area contributed by atoms with Crippen molar-refractivity contribution < 1.29 is 14.7 Å². The molecule has 0 atom stereocenters. The third kappa shape index (κ3) is 4.26. The number of aliphatic carboxylic acids is 1. The number of thioether (sulfide) groups is 1. The van der Waals surface area contributed by atoms with Gasteiger partial charge < -0.3 is 15.0 Å². The molecule has 112 valence electrons. The molecule has 0 bridgehead atoms. The molecule has 0 unspecified atom stereocenters. The zero-order chi connectivity index (χ0) is 15.2.